The summed E-state index contributed by atoms with van der Waals surface area (Å²) < 4.78 is 0. The number of carbonyl (C=O) groups excluding carboxylic acids is 2. The van der Waals surface area contributed by atoms with E-state index in [1.165, 1.54) is 16.7 Å². The Kier molecular flexibility index (Phi) is 4.09. The van der Waals surface area contributed by atoms with Crippen molar-refractivity contribution in [2.75, 3.05) is 26.7 Å². The predicted molar refractivity (Wildman–Crippen MR) is 60.2 cm³/mol. The highest BCUT2D eigenvalue weighted by molar-refractivity contribution is 5.84. The monoisotopic (exact) mass is 242 g/mol. The van der Waals surface area contributed by atoms with Gasteiger partial charge in [0, 0.05) is 27.1 Å². The number of likely N-dealkylation sites (N-methyl/N-ethyl adjacent to an activating group) is 1. The molecule has 6 heteroatoms. The van der Waals surface area contributed by atoms with E-state index < -0.39 is 11.9 Å². The van der Waals surface area contributed by atoms with Crippen molar-refractivity contribution < 1.29 is 19.5 Å². The Morgan fingerprint density at radius 1 is 1.35 bits per heavy atom. The van der Waals surface area contributed by atoms with Crippen molar-refractivity contribution in [1.29, 1.82) is 0 Å². The molecule has 96 valence electrons. The van der Waals surface area contributed by atoms with Gasteiger partial charge in [0.05, 0.1) is 12.5 Å². The fourth-order valence-electron chi connectivity index (χ4n) is 1.91. The summed E-state index contributed by atoms with van der Waals surface area (Å²) in [7, 11) is 1.55. The van der Waals surface area contributed by atoms with Crippen molar-refractivity contribution in [3.8, 4) is 0 Å². The lowest BCUT2D eigenvalue weighted by Crippen LogP contribution is -2.39. The number of rotatable bonds is 3. The minimum Gasteiger partial charge on any atom is -0.481 e. The average Bonchev–Trinajstić information content (AvgIpc) is 2.60. The van der Waals surface area contributed by atoms with Gasteiger partial charge < -0.3 is 14.9 Å². The highest BCUT2D eigenvalue weighted by Gasteiger charge is 2.37. The van der Waals surface area contributed by atoms with E-state index in [0.29, 0.717) is 6.54 Å². The molecular weight excluding hydrogens is 224 g/mol. The second-order valence-corrected chi connectivity index (χ2v) is 4.60. The van der Waals surface area contributed by atoms with E-state index in [9.17, 15) is 14.4 Å². The minimum atomic E-state index is -0.868. The van der Waals surface area contributed by atoms with Crippen LogP contribution in [-0.2, 0) is 14.4 Å². The molecule has 2 atom stereocenters. The van der Waals surface area contributed by atoms with Crippen LogP contribution in [0.5, 0.6) is 0 Å². The fraction of sp³-hybridized carbons (Fsp3) is 0.727. The van der Waals surface area contributed by atoms with Gasteiger partial charge in [0.2, 0.25) is 11.8 Å². The van der Waals surface area contributed by atoms with Gasteiger partial charge in [-0.1, -0.05) is 6.92 Å². The van der Waals surface area contributed by atoms with Crippen LogP contribution in [0.15, 0.2) is 0 Å². The first-order valence-electron chi connectivity index (χ1n) is 5.55. The molecule has 1 saturated heterocycles. The van der Waals surface area contributed by atoms with Gasteiger partial charge in [-0.05, 0) is 5.92 Å². The highest BCUT2D eigenvalue weighted by Crippen LogP contribution is 2.23. The van der Waals surface area contributed by atoms with Crippen molar-refractivity contribution in [2.24, 2.45) is 11.8 Å². The van der Waals surface area contributed by atoms with Crippen LogP contribution in [0.1, 0.15) is 13.8 Å². The molecule has 0 aromatic carbocycles. The Morgan fingerprint density at radius 3 is 2.35 bits per heavy atom. The fourth-order valence-corrected chi connectivity index (χ4v) is 1.91. The zero-order valence-electron chi connectivity index (χ0n) is 10.3. The molecule has 6 nitrogen and oxygen atoms in total. The molecule has 1 aliphatic heterocycles. The third-order valence-corrected chi connectivity index (χ3v) is 3.19. The summed E-state index contributed by atoms with van der Waals surface area (Å²) in [5.74, 6) is -1.79. The number of likely N-dealkylation sites (tertiary alicyclic amines) is 1. The Balaban J connectivity index is 2.56. The maximum absolute atomic E-state index is 11.8. The number of amides is 2. The quantitative estimate of drug-likeness (QED) is 0.733. The summed E-state index contributed by atoms with van der Waals surface area (Å²) in [6, 6.07) is 0. The number of hydrogen-bond acceptors (Lipinski definition) is 3. The standard InChI is InChI=1S/C11H18N2O4/c1-7-4-13(5-9(7)11(16)17)10(15)6-12(3)8(2)14/h7,9H,4-6H2,1-3H3,(H,16,17)/t7-,9-/m1/s1. The maximum atomic E-state index is 11.8. The summed E-state index contributed by atoms with van der Waals surface area (Å²) in [4.78, 5) is 36.6. The number of aliphatic carboxylic acids is 1. The number of carbonyl (C=O) groups is 3. The molecule has 0 unspecified atom stereocenters. The van der Waals surface area contributed by atoms with Gasteiger partial charge in [-0.2, -0.15) is 0 Å². The lowest BCUT2D eigenvalue weighted by atomic mass is 9.99. The molecule has 0 saturated carbocycles. The second kappa shape index (κ2) is 5.16. The molecule has 17 heavy (non-hydrogen) atoms. The third-order valence-electron chi connectivity index (χ3n) is 3.19. The number of hydrogen-bond donors (Lipinski definition) is 1. The van der Waals surface area contributed by atoms with Crippen LogP contribution >= 0.6 is 0 Å². The van der Waals surface area contributed by atoms with Crippen LogP contribution in [0.3, 0.4) is 0 Å². The van der Waals surface area contributed by atoms with Gasteiger partial charge in [0.25, 0.3) is 0 Å². The lowest BCUT2D eigenvalue weighted by molar-refractivity contribution is -0.143. The van der Waals surface area contributed by atoms with Crippen LogP contribution in [0.2, 0.25) is 0 Å². The van der Waals surface area contributed by atoms with E-state index in [0.717, 1.165) is 0 Å². The van der Waals surface area contributed by atoms with E-state index in [1.807, 2.05) is 6.92 Å². The molecule has 0 bridgehead atoms. The van der Waals surface area contributed by atoms with Gasteiger partial charge >= 0.3 is 5.97 Å². The third kappa shape index (κ3) is 3.18. The molecule has 0 aliphatic carbocycles. The number of carboxylic acid groups (broad SMARTS) is 1. The van der Waals surface area contributed by atoms with E-state index >= 15 is 0 Å². The average molecular weight is 242 g/mol. The van der Waals surface area contributed by atoms with Crippen molar-refractivity contribution in [1.82, 2.24) is 9.80 Å². The Hall–Kier alpha value is -1.59. The molecule has 0 spiro atoms. The van der Waals surface area contributed by atoms with E-state index in [2.05, 4.69) is 0 Å². The van der Waals surface area contributed by atoms with Gasteiger partial charge in [-0.15, -0.1) is 0 Å². The normalized spacial score (nSPS) is 23.6. The first kappa shape index (κ1) is 13.5. The van der Waals surface area contributed by atoms with Crippen LogP contribution in [0.4, 0.5) is 0 Å². The maximum Gasteiger partial charge on any atom is 0.308 e. The number of carboxylic acids is 1. The lowest BCUT2D eigenvalue weighted by Gasteiger charge is -2.20. The summed E-state index contributed by atoms with van der Waals surface area (Å²) in [5, 5.41) is 8.95. The van der Waals surface area contributed by atoms with Gasteiger partial charge in [-0.3, -0.25) is 14.4 Å². The summed E-state index contributed by atoms with van der Waals surface area (Å²) in [6.07, 6.45) is 0. The topological polar surface area (TPSA) is 77.9 Å². The molecule has 1 fully saturated rings. The molecule has 1 heterocycles. The van der Waals surface area contributed by atoms with Crippen LogP contribution in [-0.4, -0.2) is 59.4 Å². The zero-order valence-corrected chi connectivity index (χ0v) is 10.3. The van der Waals surface area contributed by atoms with Crippen LogP contribution in [0.25, 0.3) is 0 Å². The van der Waals surface area contributed by atoms with E-state index in [4.69, 9.17) is 5.11 Å². The molecule has 1 N–H and O–H groups in total. The largest absolute Gasteiger partial charge is 0.481 e. The zero-order chi connectivity index (χ0) is 13.2. The first-order valence-corrected chi connectivity index (χ1v) is 5.55. The van der Waals surface area contributed by atoms with Gasteiger partial charge in [0.1, 0.15) is 0 Å². The molecule has 1 rings (SSSR count). The Bertz CT molecular complexity index is 342. The first-order chi connectivity index (χ1) is 7.82. The molecule has 0 radical (unpaired) electrons. The summed E-state index contributed by atoms with van der Waals surface area (Å²) in [5.41, 5.74) is 0. The molecule has 0 aromatic heterocycles. The SMILES string of the molecule is CC(=O)N(C)CC(=O)N1C[C@@H](C)[C@H](C(=O)O)C1. The van der Waals surface area contributed by atoms with Crippen LogP contribution in [0, 0.1) is 11.8 Å². The van der Waals surface area contributed by atoms with E-state index in [-0.39, 0.29) is 30.8 Å². The van der Waals surface area contributed by atoms with Crippen molar-refractivity contribution >= 4 is 17.8 Å². The number of nitrogens with zero attached hydrogens (tertiary/aromatic N) is 2. The van der Waals surface area contributed by atoms with Gasteiger partial charge in [-0.25, -0.2) is 0 Å². The highest BCUT2D eigenvalue weighted by atomic mass is 16.4. The minimum absolute atomic E-state index is 0.00833. The van der Waals surface area contributed by atoms with Crippen molar-refractivity contribution in [3.05, 3.63) is 0 Å². The Labute approximate surface area is 100 Å². The van der Waals surface area contributed by atoms with Crippen molar-refractivity contribution in [3.63, 3.8) is 0 Å². The Morgan fingerprint density at radius 2 is 1.94 bits per heavy atom. The van der Waals surface area contributed by atoms with Crippen molar-refractivity contribution in [2.45, 2.75) is 13.8 Å². The smallest absolute Gasteiger partial charge is 0.308 e. The summed E-state index contributed by atoms with van der Waals surface area (Å²) >= 11 is 0. The molecule has 1 aliphatic rings. The molecule has 2 amide bonds. The second-order valence-electron chi connectivity index (χ2n) is 4.60. The van der Waals surface area contributed by atoms with Gasteiger partial charge in [0.15, 0.2) is 0 Å². The predicted octanol–water partition coefficient (Wildman–Crippen LogP) is -0.356. The molecule has 0 aromatic rings. The molecular formula is C11H18N2O4. The van der Waals surface area contributed by atoms with Crippen LogP contribution < -0.4 is 0 Å². The van der Waals surface area contributed by atoms with E-state index in [1.54, 1.807) is 7.05 Å². The summed E-state index contributed by atoms with van der Waals surface area (Å²) in [6.45, 7) is 3.90.